The summed E-state index contributed by atoms with van der Waals surface area (Å²) in [5, 5.41) is 1.06. The molecule has 3 heteroatoms. The van der Waals surface area contributed by atoms with Crippen LogP contribution in [0.2, 0.25) is 0 Å². The summed E-state index contributed by atoms with van der Waals surface area (Å²) in [7, 11) is 0. The lowest BCUT2D eigenvalue weighted by Crippen LogP contribution is -2.33. The Kier molecular flexibility index (Phi) is 7.72. The van der Waals surface area contributed by atoms with Crippen LogP contribution in [0.3, 0.4) is 0 Å². The molecule has 0 spiro atoms. The van der Waals surface area contributed by atoms with Crippen LogP contribution in [0.5, 0.6) is 0 Å². The molecule has 0 atom stereocenters. The molecule has 0 aromatic carbocycles. The Bertz CT molecular complexity index is 185. The Morgan fingerprint density at radius 2 is 1.76 bits per heavy atom. The second kappa shape index (κ2) is 8.49. The van der Waals surface area contributed by atoms with Gasteiger partial charge in [0.25, 0.3) is 0 Å². The van der Waals surface area contributed by atoms with Crippen molar-refractivity contribution >= 4 is 15.9 Å². The third kappa shape index (κ3) is 5.27. The predicted molar refractivity (Wildman–Crippen MR) is 75.8 cm³/mol. The van der Waals surface area contributed by atoms with Crippen LogP contribution in [0.25, 0.3) is 0 Å². The molecule has 0 aromatic rings. The zero-order valence-electron chi connectivity index (χ0n) is 11.3. The highest BCUT2D eigenvalue weighted by atomic mass is 79.9. The lowest BCUT2D eigenvalue weighted by molar-refractivity contribution is -0.0610. The van der Waals surface area contributed by atoms with Gasteiger partial charge in [0.1, 0.15) is 0 Å². The first-order valence-corrected chi connectivity index (χ1v) is 8.14. The van der Waals surface area contributed by atoms with Crippen LogP contribution in [-0.4, -0.2) is 31.3 Å². The quantitative estimate of drug-likeness (QED) is 0.627. The van der Waals surface area contributed by atoms with E-state index in [-0.39, 0.29) is 0 Å². The SMILES string of the molecule is CCCC(CBr)(CCC)COC1CCOCC1. The highest BCUT2D eigenvalue weighted by Gasteiger charge is 2.29. The van der Waals surface area contributed by atoms with E-state index in [1.165, 1.54) is 25.7 Å². The summed E-state index contributed by atoms with van der Waals surface area (Å²) in [6, 6.07) is 0. The molecule has 0 saturated carbocycles. The molecular formula is C14H27BrO2. The highest BCUT2D eigenvalue weighted by molar-refractivity contribution is 9.09. The van der Waals surface area contributed by atoms with Crippen molar-refractivity contribution in [1.82, 2.24) is 0 Å². The van der Waals surface area contributed by atoms with Gasteiger partial charge in [-0.05, 0) is 25.7 Å². The van der Waals surface area contributed by atoms with Crippen molar-refractivity contribution in [2.75, 3.05) is 25.2 Å². The van der Waals surface area contributed by atoms with Crippen LogP contribution in [0.4, 0.5) is 0 Å². The fraction of sp³-hybridized carbons (Fsp3) is 1.00. The first-order chi connectivity index (χ1) is 8.26. The van der Waals surface area contributed by atoms with E-state index in [4.69, 9.17) is 9.47 Å². The van der Waals surface area contributed by atoms with Crippen molar-refractivity contribution in [2.45, 2.75) is 58.5 Å². The molecule has 0 aromatic heterocycles. The van der Waals surface area contributed by atoms with Gasteiger partial charge in [0.05, 0.1) is 12.7 Å². The average molecular weight is 307 g/mol. The maximum Gasteiger partial charge on any atom is 0.0619 e. The van der Waals surface area contributed by atoms with Crippen LogP contribution in [-0.2, 0) is 9.47 Å². The number of rotatable bonds is 8. The standard InChI is InChI=1S/C14H27BrO2/c1-3-7-14(11-15,8-4-2)12-17-13-5-9-16-10-6-13/h13H,3-12H2,1-2H3. The molecule has 1 heterocycles. The van der Waals surface area contributed by atoms with Gasteiger partial charge in [-0.3, -0.25) is 0 Å². The molecule has 1 aliphatic heterocycles. The van der Waals surface area contributed by atoms with Crippen molar-refractivity contribution in [3.63, 3.8) is 0 Å². The summed E-state index contributed by atoms with van der Waals surface area (Å²) in [5.74, 6) is 0. The molecule has 1 rings (SSSR count). The topological polar surface area (TPSA) is 18.5 Å². The Hall–Kier alpha value is 0.400. The summed E-state index contributed by atoms with van der Waals surface area (Å²) in [6.45, 7) is 7.18. The molecule has 17 heavy (non-hydrogen) atoms. The highest BCUT2D eigenvalue weighted by Crippen LogP contribution is 2.33. The molecule has 2 nitrogen and oxygen atoms in total. The summed E-state index contributed by atoms with van der Waals surface area (Å²) in [6.07, 6.45) is 7.56. The molecule has 1 aliphatic rings. The minimum absolute atomic E-state index is 0.349. The van der Waals surface area contributed by atoms with Crippen molar-refractivity contribution in [1.29, 1.82) is 0 Å². The van der Waals surface area contributed by atoms with Gasteiger partial charge in [0.2, 0.25) is 0 Å². The third-order valence-electron chi connectivity index (χ3n) is 3.64. The second-order valence-corrected chi connectivity index (χ2v) is 5.82. The van der Waals surface area contributed by atoms with Crippen LogP contribution in [0, 0.1) is 5.41 Å². The fourth-order valence-corrected chi connectivity index (χ4v) is 3.36. The summed E-state index contributed by atoms with van der Waals surface area (Å²) in [5.41, 5.74) is 0.349. The van der Waals surface area contributed by atoms with Crippen molar-refractivity contribution < 1.29 is 9.47 Å². The minimum Gasteiger partial charge on any atom is -0.381 e. The minimum atomic E-state index is 0.349. The van der Waals surface area contributed by atoms with E-state index >= 15 is 0 Å². The van der Waals surface area contributed by atoms with Gasteiger partial charge in [-0.2, -0.15) is 0 Å². The molecule has 1 saturated heterocycles. The Morgan fingerprint density at radius 3 is 2.24 bits per heavy atom. The largest absolute Gasteiger partial charge is 0.381 e. The van der Waals surface area contributed by atoms with E-state index in [1.807, 2.05) is 0 Å². The van der Waals surface area contributed by atoms with E-state index in [0.29, 0.717) is 11.5 Å². The van der Waals surface area contributed by atoms with Gasteiger partial charge < -0.3 is 9.47 Å². The van der Waals surface area contributed by atoms with Gasteiger partial charge in [-0.25, -0.2) is 0 Å². The number of halogens is 1. The molecule has 0 amide bonds. The molecule has 0 N–H and O–H groups in total. The maximum atomic E-state index is 6.13. The van der Waals surface area contributed by atoms with Gasteiger partial charge in [0.15, 0.2) is 0 Å². The van der Waals surface area contributed by atoms with E-state index in [2.05, 4.69) is 29.8 Å². The molecular weight excluding hydrogens is 280 g/mol. The number of hydrogen-bond acceptors (Lipinski definition) is 2. The average Bonchev–Trinajstić information content (AvgIpc) is 2.38. The van der Waals surface area contributed by atoms with Crippen molar-refractivity contribution in [3.8, 4) is 0 Å². The summed E-state index contributed by atoms with van der Waals surface area (Å²) < 4.78 is 11.5. The zero-order chi connectivity index (χ0) is 12.6. The van der Waals surface area contributed by atoms with Gasteiger partial charge >= 0.3 is 0 Å². The number of hydrogen-bond donors (Lipinski definition) is 0. The lowest BCUT2D eigenvalue weighted by Gasteiger charge is -2.34. The summed E-state index contributed by atoms with van der Waals surface area (Å²) in [4.78, 5) is 0. The maximum absolute atomic E-state index is 6.13. The molecule has 1 fully saturated rings. The van der Waals surface area contributed by atoms with Crippen molar-refractivity contribution in [3.05, 3.63) is 0 Å². The first kappa shape index (κ1) is 15.5. The van der Waals surface area contributed by atoms with Crippen molar-refractivity contribution in [2.24, 2.45) is 5.41 Å². The normalized spacial score (nSPS) is 18.5. The molecule has 0 radical (unpaired) electrons. The van der Waals surface area contributed by atoms with Gasteiger partial charge in [-0.15, -0.1) is 0 Å². The predicted octanol–water partition coefficient (Wildman–Crippen LogP) is 4.16. The Morgan fingerprint density at radius 1 is 1.18 bits per heavy atom. The van der Waals surface area contributed by atoms with Crippen LogP contribution in [0.1, 0.15) is 52.4 Å². The molecule has 0 aliphatic carbocycles. The fourth-order valence-electron chi connectivity index (χ4n) is 2.64. The molecule has 102 valence electrons. The second-order valence-electron chi connectivity index (χ2n) is 5.26. The first-order valence-electron chi connectivity index (χ1n) is 7.01. The smallest absolute Gasteiger partial charge is 0.0619 e. The third-order valence-corrected chi connectivity index (χ3v) is 4.83. The molecule has 0 unspecified atom stereocenters. The van der Waals surface area contributed by atoms with E-state index in [0.717, 1.165) is 38.0 Å². The van der Waals surface area contributed by atoms with Gasteiger partial charge in [-0.1, -0.05) is 42.6 Å². The monoisotopic (exact) mass is 306 g/mol. The van der Waals surface area contributed by atoms with Gasteiger partial charge in [0, 0.05) is 24.0 Å². The lowest BCUT2D eigenvalue weighted by atomic mass is 9.82. The van der Waals surface area contributed by atoms with E-state index in [9.17, 15) is 0 Å². The Labute approximate surface area is 115 Å². The van der Waals surface area contributed by atoms with Crippen LogP contribution in [0.15, 0.2) is 0 Å². The summed E-state index contributed by atoms with van der Waals surface area (Å²) >= 11 is 3.70. The number of alkyl halides is 1. The van der Waals surface area contributed by atoms with Crippen LogP contribution >= 0.6 is 15.9 Å². The van der Waals surface area contributed by atoms with E-state index in [1.54, 1.807) is 0 Å². The van der Waals surface area contributed by atoms with Crippen LogP contribution < -0.4 is 0 Å². The molecule has 0 bridgehead atoms. The Balaban J connectivity index is 2.40. The number of ether oxygens (including phenoxy) is 2. The van der Waals surface area contributed by atoms with E-state index < -0.39 is 0 Å². The zero-order valence-corrected chi connectivity index (χ0v) is 12.9.